The van der Waals surface area contributed by atoms with Gasteiger partial charge in [-0.15, -0.1) is 11.8 Å². The van der Waals surface area contributed by atoms with Crippen molar-refractivity contribution in [2.75, 3.05) is 38.5 Å². The maximum Gasteiger partial charge on any atom is 0.244 e. The standard InChI is InChI=1S/C21H30N4O2S2/c1-16(2)28-19-7-5-18(6-8-19)17(3)23-21-10-9-20(15-22-21)29(26,27)25-13-11-24(4)12-14-25/h5-10,15-17H,11-14H2,1-4H3,(H,22,23). The third-order valence-electron chi connectivity index (χ3n) is 4.95. The summed E-state index contributed by atoms with van der Waals surface area (Å²) in [6.07, 6.45) is 1.45. The van der Waals surface area contributed by atoms with E-state index in [1.165, 1.54) is 15.4 Å². The van der Waals surface area contributed by atoms with Crippen molar-refractivity contribution in [1.82, 2.24) is 14.2 Å². The van der Waals surface area contributed by atoms with E-state index in [1.807, 2.05) is 18.8 Å². The van der Waals surface area contributed by atoms with Crippen molar-refractivity contribution in [3.05, 3.63) is 48.2 Å². The Labute approximate surface area is 178 Å². The Kier molecular flexibility index (Phi) is 7.21. The zero-order valence-electron chi connectivity index (χ0n) is 17.5. The molecular weight excluding hydrogens is 404 g/mol. The Morgan fingerprint density at radius 3 is 2.21 bits per heavy atom. The summed E-state index contributed by atoms with van der Waals surface area (Å²) >= 11 is 1.84. The van der Waals surface area contributed by atoms with Gasteiger partial charge in [0.25, 0.3) is 0 Å². The predicted octanol–water partition coefficient (Wildman–Crippen LogP) is 3.69. The first kappa shape index (κ1) is 22.1. The lowest BCUT2D eigenvalue weighted by molar-refractivity contribution is 0.222. The molecule has 1 atom stereocenters. The highest BCUT2D eigenvalue weighted by molar-refractivity contribution is 7.99. The predicted molar refractivity (Wildman–Crippen MR) is 120 cm³/mol. The van der Waals surface area contributed by atoms with E-state index in [1.54, 1.807) is 12.1 Å². The molecule has 0 spiro atoms. The molecule has 158 valence electrons. The van der Waals surface area contributed by atoms with Crippen LogP contribution in [0.4, 0.5) is 5.82 Å². The molecule has 1 saturated heterocycles. The second-order valence-corrected chi connectivity index (χ2v) is 11.3. The van der Waals surface area contributed by atoms with Gasteiger partial charge in [-0.3, -0.25) is 0 Å². The normalized spacial score (nSPS) is 17.4. The van der Waals surface area contributed by atoms with E-state index in [-0.39, 0.29) is 10.9 Å². The van der Waals surface area contributed by atoms with Gasteiger partial charge in [0.05, 0.1) is 0 Å². The summed E-state index contributed by atoms with van der Waals surface area (Å²) in [5.41, 5.74) is 1.16. The van der Waals surface area contributed by atoms with Crippen LogP contribution >= 0.6 is 11.8 Å². The van der Waals surface area contributed by atoms with Crippen molar-refractivity contribution in [2.24, 2.45) is 0 Å². The molecule has 0 radical (unpaired) electrons. The number of sulfonamides is 1. The smallest absolute Gasteiger partial charge is 0.244 e. The Balaban J connectivity index is 1.64. The number of nitrogens with one attached hydrogen (secondary N) is 1. The molecule has 1 unspecified atom stereocenters. The first-order valence-corrected chi connectivity index (χ1v) is 12.3. The quantitative estimate of drug-likeness (QED) is 0.671. The van der Waals surface area contributed by atoms with Crippen LogP contribution in [0.2, 0.25) is 0 Å². The molecule has 6 nitrogen and oxygen atoms in total. The molecule has 0 amide bonds. The van der Waals surface area contributed by atoms with Crippen LogP contribution in [0.5, 0.6) is 0 Å². The second kappa shape index (κ2) is 9.47. The number of nitrogens with zero attached hydrogens (tertiary/aromatic N) is 3. The molecule has 1 N–H and O–H groups in total. The highest BCUT2D eigenvalue weighted by atomic mass is 32.2. The lowest BCUT2D eigenvalue weighted by Crippen LogP contribution is -2.47. The summed E-state index contributed by atoms with van der Waals surface area (Å²) in [6.45, 7) is 8.96. The fraction of sp³-hybridized carbons (Fsp3) is 0.476. The summed E-state index contributed by atoms with van der Waals surface area (Å²) in [5, 5.41) is 3.91. The molecule has 1 aliphatic rings. The second-order valence-electron chi connectivity index (χ2n) is 7.69. The average molecular weight is 435 g/mol. The molecule has 2 heterocycles. The number of hydrogen-bond acceptors (Lipinski definition) is 6. The van der Waals surface area contributed by atoms with Crippen molar-refractivity contribution in [3.63, 3.8) is 0 Å². The molecular formula is C21H30N4O2S2. The van der Waals surface area contributed by atoms with E-state index >= 15 is 0 Å². The van der Waals surface area contributed by atoms with E-state index in [0.29, 0.717) is 24.2 Å². The Hall–Kier alpha value is -1.61. The number of piperazine rings is 1. The summed E-state index contributed by atoms with van der Waals surface area (Å²) in [4.78, 5) is 7.98. The topological polar surface area (TPSA) is 65.5 Å². The SMILES string of the molecule is CC(C)Sc1ccc(C(C)Nc2ccc(S(=O)(=O)N3CCN(C)CC3)cn2)cc1. The summed E-state index contributed by atoms with van der Waals surface area (Å²) in [6, 6.07) is 12.0. The monoisotopic (exact) mass is 434 g/mol. The number of thioether (sulfide) groups is 1. The van der Waals surface area contributed by atoms with Gasteiger partial charge >= 0.3 is 0 Å². The summed E-state index contributed by atoms with van der Waals surface area (Å²) < 4.78 is 27.1. The first-order valence-electron chi connectivity index (χ1n) is 9.93. The minimum atomic E-state index is -3.48. The first-order chi connectivity index (χ1) is 13.8. The van der Waals surface area contributed by atoms with Crippen LogP contribution in [-0.4, -0.2) is 61.1 Å². The van der Waals surface area contributed by atoms with Gasteiger partial charge in [0.15, 0.2) is 0 Å². The zero-order valence-corrected chi connectivity index (χ0v) is 19.1. The number of anilines is 1. The van der Waals surface area contributed by atoms with Crippen molar-refractivity contribution in [2.45, 2.75) is 41.9 Å². The molecule has 1 fully saturated rings. The molecule has 29 heavy (non-hydrogen) atoms. The van der Waals surface area contributed by atoms with Crippen LogP contribution in [0.1, 0.15) is 32.4 Å². The third-order valence-corrected chi connectivity index (χ3v) is 7.85. The minimum absolute atomic E-state index is 0.0701. The number of likely N-dealkylation sites (N-methyl/N-ethyl adjacent to an activating group) is 1. The van der Waals surface area contributed by atoms with Crippen LogP contribution in [-0.2, 0) is 10.0 Å². The van der Waals surface area contributed by atoms with E-state index in [4.69, 9.17) is 0 Å². The lowest BCUT2D eigenvalue weighted by Gasteiger charge is -2.31. The number of aromatic nitrogens is 1. The number of pyridine rings is 1. The van der Waals surface area contributed by atoms with Crippen LogP contribution < -0.4 is 5.32 Å². The maximum absolute atomic E-state index is 12.8. The van der Waals surface area contributed by atoms with Crippen molar-refractivity contribution in [3.8, 4) is 0 Å². The minimum Gasteiger partial charge on any atom is -0.364 e. The molecule has 0 aliphatic carbocycles. The molecule has 0 saturated carbocycles. The van der Waals surface area contributed by atoms with Gasteiger partial charge in [0.1, 0.15) is 10.7 Å². The van der Waals surface area contributed by atoms with E-state index in [0.717, 1.165) is 18.7 Å². The molecule has 0 bridgehead atoms. The number of benzene rings is 1. The highest BCUT2D eigenvalue weighted by Gasteiger charge is 2.27. The fourth-order valence-electron chi connectivity index (χ4n) is 3.21. The fourth-order valence-corrected chi connectivity index (χ4v) is 5.41. The van der Waals surface area contributed by atoms with Gasteiger partial charge in [-0.05, 0) is 43.8 Å². The van der Waals surface area contributed by atoms with Crippen molar-refractivity contribution < 1.29 is 8.42 Å². The van der Waals surface area contributed by atoms with Gasteiger partial charge in [-0.2, -0.15) is 4.31 Å². The van der Waals surface area contributed by atoms with E-state index in [2.05, 4.69) is 60.2 Å². The van der Waals surface area contributed by atoms with Crippen LogP contribution in [0.25, 0.3) is 0 Å². The summed E-state index contributed by atoms with van der Waals surface area (Å²) in [7, 11) is -1.48. The Morgan fingerprint density at radius 2 is 1.66 bits per heavy atom. The largest absolute Gasteiger partial charge is 0.364 e. The van der Waals surface area contributed by atoms with Crippen LogP contribution in [0.3, 0.4) is 0 Å². The number of hydrogen-bond donors (Lipinski definition) is 1. The van der Waals surface area contributed by atoms with Gasteiger partial charge in [0.2, 0.25) is 10.0 Å². The Bertz CT molecular complexity index is 891. The molecule has 1 aromatic heterocycles. The van der Waals surface area contributed by atoms with Crippen molar-refractivity contribution >= 4 is 27.6 Å². The van der Waals surface area contributed by atoms with Gasteiger partial charge in [0, 0.05) is 48.6 Å². The van der Waals surface area contributed by atoms with Gasteiger partial charge in [-0.25, -0.2) is 13.4 Å². The summed E-state index contributed by atoms with van der Waals surface area (Å²) in [5.74, 6) is 0.662. The lowest BCUT2D eigenvalue weighted by atomic mass is 10.1. The highest BCUT2D eigenvalue weighted by Crippen LogP contribution is 2.26. The average Bonchev–Trinajstić information content (AvgIpc) is 2.69. The van der Waals surface area contributed by atoms with E-state index < -0.39 is 10.0 Å². The maximum atomic E-state index is 12.8. The molecule has 1 aliphatic heterocycles. The third kappa shape index (κ3) is 5.72. The Morgan fingerprint density at radius 1 is 1.00 bits per heavy atom. The molecule has 3 rings (SSSR count). The molecule has 1 aromatic carbocycles. The molecule has 8 heteroatoms. The van der Waals surface area contributed by atoms with Crippen molar-refractivity contribution in [1.29, 1.82) is 0 Å². The van der Waals surface area contributed by atoms with E-state index in [9.17, 15) is 8.42 Å². The van der Waals surface area contributed by atoms with Gasteiger partial charge in [-0.1, -0.05) is 26.0 Å². The zero-order chi connectivity index (χ0) is 21.0. The number of rotatable bonds is 7. The molecule has 2 aromatic rings. The van der Waals surface area contributed by atoms with Crippen LogP contribution in [0, 0.1) is 0 Å². The van der Waals surface area contributed by atoms with Crippen LogP contribution in [0.15, 0.2) is 52.4 Å². The van der Waals surface area contributed by atoms with Gasteiger partial charge < -0.3 is 10.2 Å².